The minimum Gasteiger partial charge on any atom is -0.492 e. The molecule has 5 heteroatoms. The number of aryl methyl sites for hydroxylation is 1. The number of hydrogen-bond donors (Lipinski definition) is 0. The topological polar surface area (TPSA) is 27.1 Å². The van der Waals surface area contributed by atoms with Crippen LogP contribution in [0.5, 0.6) is 5.75 Å². The van der Waals surface area contributed by atoms with Gasteiger partial charge in [0, 0.05) is 22.9 Å². The molecule has 1 aromatic heterocycles. The van der Waals surface area contributed by atoms with Crippen molar-refractivity contribution < 1.29 is 9.13 Å². The molecule has 90 valence electrons. The van der Waals surface area contributed by atoms with E-state index in [0.29, 0.717) is 23.4 Å². The van der Waals surface area contributed by atoms with Gasteiger partial charge in [-0.15, -0.1) is 0 Å². The molecule has 0 unspecified atom stereocenters. The largest absolute Gasteiger partial charge is 0.492 e. The third-order valence-electron chi connectivity index (χ3n) is 2.36. The van der Waals surface area contributed by atoms with Crippen molar-refractivity contribution >= 4 is 15.9 Å². The molecule has 0 aliphatic rings. The van der Waals surface area contributed by atoms with Crippen LogP contribution in [0.25, 0.3) is 0 Å². The molecule has 1 aromatic carbocycles. The molecule has 0 radical (unpaired) electrons. The molecule has 0 saturated heterocycles. The second kappa shape index (κ2) is 5.31. The van der Waals surface area contributed by atoms with Gasteiger partial charge in [-0.1, -0.05) is 15.9 Å². The average Bonchev–Trinajstić information content (AvgIpc) is 2.63. The second-order valence-corrected chi connectivity index (χ2v) is 4.54. The maximum atomic E-state index is 13.1. The Hall–Kier alpha value is -1.36. The summed E-state index contributed by atoms with van der Waals surface area (Å²) < 4.78 is 21.2. The van der Waals surface area contributed by atoms with Gasteiger partial charge in [-0.3, -0.25) is 0 Å². The molecule has 2 rings (SSSR count). The van der Waals surface area contributed by atoms with E-state index in [9.17, 15) is 4.39 Å². The predicted molar refractivity (Wildman–Crippen MR) is 66.6 cm³/mol. The number of imidazole rings is 1. The van der Waals surface area contributed by atoms with E-state index in [2.05, 4.69) is 20.9 Å². The molecule has 1 heterocycles. The van der Waals surface area contributed by atoms with Crippen LogP contribution in [0.2, 0.25) is 0 Å². The van der Waals surface area contributed by atoms with Gasteiger partial charge in [-0.25, -0.2) is 9.37 Å². The number of nitrogens with zero attached hydrogens (tertiary/aromatic N) is 2. The van der Waals surface area contributed by atoms with Crippen LogP contribution in [0.3, 0.4) is 0 Å². The summed E-state index contributed by atoms with van der Waals surface area (Å²) in [7, 11) is 0. The molecular formula is C12H12BrFN2O. The van der Waals surface area contributed by atoms with Crippen LogP contribution in [0.1, 0.15) is 5.82 Å². The maximum absolute atomic E-state index is 13.1. The first-order chi connectivity index (χ1) is 8.15. The van der Waals surface area contributed by atoms with Crippen LogP contribution < -0.4 is 4.74 Å². The lowest BCUT2D eigenvalue weighted by Crippen LogP contribution is -2.08. The minimum atomic E-state index is -0.312. The van der Waals surface area contributed by atoms with Crippen molar-refractivity contribution in [2.45, 2.75) is 13.5 Å². The first-order valence-corrected chi connectivity index (χ1v) is 6.01. The summed E-state index contributed by atoms with van der Waals surface area (Å²) in [5.41, 5.74) is 0. The second-order valence-electron chi connectivity index (χ2n) is 3.62. The first kappa shape index (κ1) is 12.1. The van der Waals surface area contributed by atoms with Gasteiger partial charge in [0.05, 0.1) is 6.54 Å². The van der Waals surface area contributed by atoms with E-state index in [4.69, 9.17) is 4.74 Å². The Morgan fingerprint density at radius 3 is 2.88 bits per heavy atom. The summed E-state index contributed by atoms with van der Waals surface area (Å²) in [6, 6.07) is 4.50. The van der Waals surface area contributed by atoms with E-state index in [1.807, 2.05) is 17.7 Å². The highest BCUT2D eigenvalue weighted by molar-refractivity contribution is 9.10. The van der Waals surface area contributed by atoms with E-state index >= 15 is 0 Å². The van der Waals surface area contributed by atoms with Crippen LogP contribution in [0.4, 0.5) is 4.39 Å². The number of benzene rings is 1. The third kappa shape index (κ3) is 3.30. The quantitative estimate of drug-likeness (QED) is 0.867. The number of halogens is 2. The molecule has 0 fully saturated rings. The fraction of sp³-hybridized carbons (Fsp3) is 0.250. The maximum Gasteiger partial charge on any atom is 0.128 e. The van der Waals surface area contributed by atoms with Crippen molar-refractivity contribution in [3.05, 3.63) is 46.7 Å². The molecule has 0 N–H and O–H groups in total. The molecule has 0 bridgehead atoms. The Morgan fingerprint density at radius 2 is 2.24 bits per heavy atom. The summed E-state index contributed by atoms with van der Waals surface area (Å²) in [6.45, 7) is 3.10. The lowest BCUT2D eigenvalue weighted by molar-refractivity contribution is 0.295. The van der Waals surface area contributed by atoms with Gasteiger partial charge in [-0.05, 0) is 19.1 Å². The van der Waals surface area contributed by atoms with Gasteiger partial charge in [-0.2, -0.15) is 0 Å². The third-order valence-corrected chi connectivity index (χ3v) is 2.82. The summed E-state index contributed by atoms with van der Waals surface area (Å²) in [5, 5.41) is 0. The zero-order valence-electron chi connectivity index (χ0n) is 9.36. The van der Waals surface area contributed by atoms with E-state index in [1.165, 1.54) is 12.1 Å². The Balaban J connectivity index is 1.92. The van der Waals surface area contributed by atoms with Crippen LogP contribution in [-0.2, 0) is 6.54 Å². The lowest BCUT2D eigenvalue weighted by atomic mass is 10.3. The fourth-order valence-corrected chi connectivity index (χ4v) is 1.96. The van der Waals surface area contributed by atoms with Crippen LogP contribution in [-0.4, -0.2) is 16.2 Å². The highest BCUT2D eigenvalue weighted by Crippen LogP contribution is 2.20. The predicted octanol–water partition coefficient (Wildman–Crippen LogP) is 3.17. The smallest absolute Gasteiger partial charge is 0.128 e. The molecule has 17 heavy (non-hydrogen) atoms. The monoisotopic (exact) mass is 298 g/mol. The van der Waals surface area contributed by atoms with Crippen LogP contribution in [0, 0.1) is 12.7 Å². The lowest BCUT2D eigenvalue weighted by Gasteiger charge is -2.08. The van der Waals surface area contributed by atoms with Crippen LogP contribution in [0.15, 0.2) is 35.1 Å². The van der Waals surface area contributed by atoms with Gasteiger partial charge >= 0.3 is 0 Å². The Bertz CT molecular complexity index is 493. The normalized spacial score (nSPS) is 10.5. The van der Waals surface area contributed by atoms with Crippen LogP contribution >= 0.6 is 15.9 Å². The first-order valence-electron chi connectivity index (χ1n) is 5.22. The molecule has 0 aliphatic heterocycles. The number of aromatic nitrogens is 2. The summed E-state index contributed by atoms with van der Waals surface area (Å²) in [6.07, 6.45) is 3.63. The van der Waals surface area contributed by atoms with Crippen molar-refractivity contribution in [1.29, 1.82) is 0 Å². The average molecular weight is 299 g/mol. The number of ether oxygens (including phenoxy) is 1. The summed E-state index contributed by atoms with van der Waals surface area (Å²) in [4.78, 5) is 4.11. The van der Waals surface area contributed by atoms with Crippen molar-refractivity contribution in [2.75, 3.05) is 6.61 Å². The standard InChI is InChI=1S/C12H12BrFN2O/c1-9-15-2-3-16(9)4-5-17-12-7-10(13)6-11(14)8-12/h2-3,6-8H,4-5H2,1H3. The van der Waals surface area contributed by atoms with Crippen molar-refractivity contribution in [1.82, 2.24) is 9.55 Å². The summed E-state index contributed by atoms with van der Waals surface area (Å²) in [5.74, 6) is 1.15. The highest BCUT2D eigenvalue weighted by atomic mass is 79.9. The van der Waals surface area contributed by atoms with Crippen molar-refractivity contribution in [3.8, 4) is 5.75 Å². The van der Waals surface area contributed by atoms with E-state index < -0.39 is 0 Å². The van der Waals surface area contributed by atoms with Crippen molar-refractivity contribution in [3.63, 3.8) is 0 Å². The van der Waals surface area contributed by atoms with E-state index in [0.717, 1.165) is 5.82 Å². The number of rotatable bonds is 4. The van der Waals surface area contributed by atoms with Gasteiger partial charge in [0.2, 0.25) is 0 Å². The summed E-state index contributed by atoms with van der Waals surface area (Å²) >= 11 is 3.22. The molecule has 2 aromatic rings. The van der Waals surface area contributed by atoms with Gasteiger partial charge in [0.1, 0.15) is 24.0 Å². The molecule has 0 amide bonds. The molecule has 0 spiro atoms. The van der Waals surface area contributed by atoms with Gasteiger partial charge in [0.15, 0.2) is 0 Å². The minimum absolute atomic E-state index is 0.312. The van der Waals surface area contributed by atoms with E-state index in [1.54, 1.807) is 12.3 Å². The zero-order valence-corrected chi connectivity index (χ0v) is 10.9. The molecule has 0 aliphatic carbocycles. The molecule has 0 saturated carbocycles. The highest BCUT2D eigenvalue weighted by Gasteiger charge is 2.01. The Labute approximate surface area is 107 Å². The Morgan fingerprint density at radius 1 is 1.41 bits per heavy atom. The van der Waals surface area contributed by atoms with Gasteiger partial charge in [0.25, 0.3) is 0 Å². The molecular weight excluding hydrogens is 287 g/mol. The zero-order chi connectivity index (χ0) is 12.3. The number of hydrogen-bond acceptors (Lipinski definition) is 2. The fourth-order valence-electron chi connectivity index (χ4n) is 1.51. The molecule has 0 atom stereocenters. The van der Waals surface area contributed by atoms with E-state index in [-0.39, 0.29) is 5.82 Å². The van der Waals surface area contributed by atoms with Crippen molar-refractivity contribution in [2.24, 2.45) is 0 Å². The Kier molecular flexibility index (Phi) is 3.78. The van der Waals surface area contributed by atoms with Gasteiger partial charge < -0.3 is 9.30 Å². The molecule has 3 nitrogen and oxygen atoms in total. The SMILES string of the molecule is Cc1nccn1CCOc1cc(F)cc(Br)c1.